The molecule has 0 atom stereocenters. The van der Waals surface area contributed by atoms with Crippen molar-refractivity contribution in [3.05, 3.63) is 63.7 Å². The van der Waals surface area contributed by atoms with Crippen LogP contribution in [0.15, 0.2) is 41.4 Å². The van der Waals surface area contributed by atoms with Gasteiger partial charge in [0, 0.05) is 29.5 Å². The Morgan fingerprint density at radius 1 is 1.04 bits per heavy atom. The molecule has 0 saturated carbocycles. The van der Waals surface area contributed by atoms with E-state index in [1.807, 2.05) is 31.3 Å². The van der Waals surface area contributed by atoms with Crippen LogP contribution in [-0.4, -0.2) is 18.8 Å². The number of anilines is 1. The molecule has 1 aliphatic heterocycles. The SMILES string of the molecule is CC1=CC(C)(C)N(C)c2cc(C)c(C=Nc3cc(Cl)ccc3C)cc21. The fourth-order valence-electron chi connectivity index (χ4n) is 3.32. The molecular formula is C22H25ClN2. The first kappa shape index (κ1) is 17.8. The second-order valence-corrected chi connectivity index (χ2v) is 7.89. The zero-order valence-electron chi connectivity index (χ0n) is 15.8. The molecule has 0 aliphatic carbocycles. The summed E-state index contributed by atoms with van der Waals surface area (Å²) >= 11 is 6.10. The minimum Gasteiger partial charge on any atom is -0.365 e. The molecule has 25 heavy (non-hydrogen) atoms. The van der Waals surface area contributed by atoms with Crippen LogP contribution in [-0.2, 0) is 0 Å². The van der Waals surface area contributed by atoms with E-state index in [-0.39, 0.29) is 5.54 Å². The lowest BCUT2D eigenvalue weighted by Gasteiger charge is -2.41. The van der Waals surface area contributed by atoms with Crippen LogP contribution >= 0.6 is 11.6 Å². The van der Waals surface area contributed by atoms with Gasteiger partial charge < -0.3 is 4.90 Å². The van der Waals surface area contributed by atoms with Gasteiger partial charge in [-0.3, -0.25) is 4.99 Å². The fraction of sp³-hybridized carbons (Fsp3) is 0.318. The number of rotatable bonds is 2. The predicted molar refractivity (Wildman–Crippen MR) is 111 cm³/mol. The molecule has 0 bridgehead atoms. The molecule has 0 saturated heterocycles. The lowest BCUT2D eigenvalue weighted by atomic mass is 9.87. The first-order chi connectivity index (χ1) is 11.7. The molecular weight excluding hydrogens is 328 g/mol. The Kier molecular flexibility index (Phi) is 4.51. The topological polar surface area (TPSA) is 15.6 Å². The molecule has 0 N–H and O–H groups in total. The van der Waals surface area contributed by atoms with E-state index in [2.05, 4.69) is 62.8 Å². The summed E-state index contributed by atoms with van der Waals surface area (Å²) in [4.78, 5) is 7.01. The summed E-state index contributed by atoms with van der Waals surface area (Å²) in [5.41, 5.74) is 8.28. The van der Waals surface area contributed by atoms with Gasteiger partial charge >= 0.3 is 0 Å². The second kappa shape index (κ2) is 6.34. The largest absolute Gasteiger partial charge is 0.365 e. The van der Waals surface area contributed by atoms with E-state index < -0.39 is 0 Å². The third-order valence-electron chi connectivity index (χ3n) is 5.12. The maximum absolute atomic E-state index is 6.10. The molecule has 2 aromatic carbocycles. The van der Waals surface area contributed by atoms with E-state index in [1.54, 1.807) is 0 Å². The Morgan fingerprint density at radius 3 is 2.48 bits per heavy atom. The van der Waals surface area contributed by atoms with Crippen molar-refractivity contribution in [3.63, 3.8) is 0 Å². The van der Waals surface area contributed by atoms with Gasteiger partial charge in [-0.25, -0.2) is 0 Å². The molecule has 1 heterocycles. The average Bonchev–Trinajstić information content (AvgIpc) is 2.54. The number of aryl methyl sites for hydroxylation is 2. The predicted octanol–water partition coefficient (Wildman–Crippen LogP) is 6.34. The molecule has 0 spiro atoms. The van der Waals surface area contributed by atoms with Gasteiger partial charge in [-0.05, 0) is 81.1 Å². The van der Waals surface area contributed by atoms with Crippen molar-refractivity contribution in [1.82, 2.24) is 0 Å². The molecule has 130 valence electrons. The summed E-state index contributed by atoms with van der Waals surface area (Å²) in [6.45, 7) is 10.9. The number of allylic oxidation sites excluding steroid dienone is 1. The van der Waals surface area contributed by atoms with E-state index in [0.717, 1.165) is 16.8 Å². The van der Waals surface area contributed by atoms with Crippen LogP contribution in [0.4, 0.5) is 11.4 Å². The molecule has 0 fully saturated rings. The van der Waals surface area contributed by atoms with Crippen molar-refractivity contribution < 1.29 is 0 Å². The third kappa shape index (κ3) is 3.36. The summed E-state index contributed by atoms with van der Waals surface area (Å²) in [6, 6.07) is 10.3. The Bertz CT molecular complexity index is 891. The van der Waals surface area contributed by atoms with Crippen LogP contribution in [0.25, 0.3) is 5.57 Å². The highest BCUT2D eigenvalue weighted by atomic mass is 35.5. The van der Waals surface area contributed by atoms with Gasteiger partial charge in [-0.2, -0.15) is 0 Å². The molecule has 2 aromatic rings. The summed E-state index contributed by atoms with van der Waals surface area (Å²) in [6.07, 6.45) is 4.27. The van der Waals surface area contributed by atoms with Crippen LogP contribution < -0.4 is 4.90 Å². The van der Waals surface area contributed by atoms with Gasteiger partial charge in [-0.15, -0.1) is 0 Å². The van der Waals surface area contributed by atoms with Crippen LogP contribution in [0.1, 0.15) is 43.0 Å². The minimum absolute atomic E-state index is 0.0248. The van der Waals surface area contributed by atoms with Crippen LogP contribution in [0.3, 0.4) is 0 Å². The van der Waals surface area contributed by atoms with Gasteiger partial charge in [0.05, 0.1) is 11.2 Å². The summed E-state index contributed by atoms with van der Waals surface area (Å²) < 4.78 is 0. The van der Waals surface area contributed by atoms with Crippen molar-refractivity contribution in [3.8, 4) is 0 Å². The normalized spacial score (nSPS) is 16.1. The maximum atomic E-state index is 6.10. The van der Waals surface area contributed by atoms with Crippen molar-refractivity contribution in [2.75, 3.05) is 11.9 Å². The van der Waals surface area contributed by atoms with Gasteiger partial charge in [0.1, 0.15) is 0 Å². The summed E-state index contributed by atoms with van der Waals surface area (Å²) in [5, 5.41) is 0.711. The zero-order valence-corrected chi connectivity index (χ0v) is 16.6. The number of aliphatic imine (C=N–C) groups is 1. The average molecular weight is 353 g/mol. The molecule has 0 amide bonds. The number of hydrogen-bond donors (Lipinski definition) is 0. The molecule has 0 aromatic heterocycles. The smallest absolute Gasteiger partial charge is 0.0673 e. The van der Waals surface area contributed by atoms with E-state index >= 15 is 0 Å². The first-order valence-corrected chi connectivity index (χ1v) is 8.95. The molecule has 2 nitrogen and oxygen atoms in total. The van der Waals surface area contributed by atoms with E-state index in [1.165, 1.54) is 22.4 Å². The third-order valence-corrected chi connectivity index (χ3v) is 5.35. The molecule has 1 aliphatic rings. The zero-order chi connectivity index (χ0) is 18.4. The van der Waals surface area contributed by atoms with Gasteiger partial charge in [0.2, 0.25) is 0 Å². The second-order valence-electron chi connectivity index (χ2n) is 7.45. The van der Waals surface area contributed by atoms with Crippen LogP contribution in [0.2, 0.25) is 5.02 Å². The fourth-order valence-corrected chi connectivity index (χ4v) is 3.48. The van der Waals surface area contributed by atoms with E-state index in [0.29, 0.717) is 5.02 Å². The molecule has 0 unspecified atom stereocenters. The van der Waals surface area contributed by atoms with Crippen molar-refractivity contribution in [1.29, 1.82) is 0 Å². The number of nitrogens with zero attached hydrogens (tertiary/aromatic N) is 2. The minimum atomic E-state index is 0.0248. The van der Waals surface area contributed by atoms with Gasteiger partial charge in [-0.1, -0.05) is 23.7 Å². The van der Waals surface area contributed by atoms with Gasteiger partial charge in [0.25, 0.3) is 0 Å². The van der Waals surface area contributed by atoms with Crippen molar-refractivity contribution >= 4 is 34.8 Å². The number of hydrogen-bond acceptors (Lipinski definition) is 2. The lowest BCUT2D eigenvalue weighted by molar-refractivity contribution is 0.597. The first-order valence-electron chi connectivity index (χ1n) is 8.57. The summed E-state index contributed by atoms with van der Waals surface area (Å²) in [7, 11) is 2.16. The Labute approximate surface area is 155 Å². The lowest BCUT2D eigenvalue weighted by Crippen LogP contribution is -2.42. The standard InChI is InChI=1S/C22H25ClN2/c1-14-7-8-18(23)11-20(14)24-13-17-10-19-16(3)12-22(4,5)25(6)21(19)9-15(17)2/h7-13H,1-6H3. The Morgan fingerprint density at radius 2 is 1.76 bits per heavy atom. The molecule has 0 radical (unpaired) electrons. The van der Waals surface area contributed by atoms with E-state index in [4.69, 9.17) is 11.6 Å². The van der Waals surface area contributed by atoms with Gasteiger partial charge in [0.15, 0.2) is 0 Å². The number of fused-ring (bicyclic) bond motifs is 1. The number of likely N-dealkylation sites (N-methyl/N-ethyl adjacent to an activating group) is 1. The molecule has 3 heteroatoms. The highest BCUT2D eigenvalue weighted by Gasteiger charge is 2.28. The molecule has 3 rings (SSSR count). The maximum Gasteiger partial charge on any atom is 0.0673 e. The monoisotopic (exact) mass is 352 g/mol. The summed E-state index contributed by atoms with van der Waals surface area (Å²) in [5.74, 6) is 0. The number of benzene rings is 2. The van der Waals surface area contributed by atoms with Crippen molar-refractivity contribution in [2.24, 2.45) is 4.99 Å². The van der Waals surface area contributed by atoms with E-state index in [9.17, 15) is 0 Å². The van der Waals surface area contributed by atoms with Crippen molar-refractivity contribution in [2.45, 2.75) is 40.2 Å². The number of halogens is 1. The quantitative estimate of drug-likeness (QED) is 0.576. The highest BCUT2D eigenvalue weighted by molar-refractivity contribution is 6.30. The Hall–Kier alpha value is -2.06. The highest BCUT2D eigenvalue weighted by Crippen LogP contribution is 2.39. The van der Waals surface area contributed by atoms with Crippen LogP contribution in [0.5, 0.6) is 0 Å². The van der Waals surface area contributed by atoms with Crippen LogP contribution in [0, 0.1) is 13.8 Å². The Balaban J connectivity index is 2.04.